The van der Waals surface area contributed by atoms with E-state index in [0.29, 0.717) is 0 Å². The Morgan fingerprint density at radius 1 is 1.38 bits per heavy atom. The molecular formula is C15H17N2Na2O7PS2. The Morgan fingerprint density at radius 3 is 2.62 bits per heavy atom. The minimum absolute atomic E-state index is 0. The maximum Gasteiger partial charge on any atom is 1.00 e. The molecular weight excluding hydrogens is 461 g/mol. The molecule has 1 N–H and O–H groups in total. The third-order valence-corrected chi connectivity index (χ3v) is 7.98. The molecule has 148 valence electrons. The van der Waals surface area contributed by atoms with Crippen molar-refractivity contribution in [2.45, 2.75) is 30.5 Å². The van der Waals surface area contributed by atoms with Crippen molar-refractivity contribution in [3.05, 3.63) is 22.4 Å². The average Bonchev–Trinajstić information content (AvgIpc) is 3.08. The van der Waals surface area contributed by atoms with Gasteiger partial charge < -0.3 is 29.3 Å². The first-order valence-corrected chi connectivity index (χ1v) is 11.6. The Balaban J connectivity index is 0.00000210. The number of carbonyl (C=O) groups excluding carboxylic acids is 3. The SMILES string of the molecule is CC(=O)OCC1CS[C@@H]2[C@H](NC(=O)Cc3cccs3)C(=O)N2C1P(=O)([O-])[O-].[Na+].[Na+]. The van der Waals surface area contributed by atoms with E-state index in [2.05, 4.69) is 5.32 Å². The van der Waals surface area contributed by atoms with Crippen molar-refractivity contribution in [2.75, 3.05) is 12.4 Å². The Morgan fingerprint density at radius 2 is 2.07 bits per heavy atom. The smallest absolute Gasteiger partial charge is 0.809 e. The third-order valence-electron chi connectivity index (χ3n) is 4.32. The van der Waals surface area contributed by atoms with Crippen LogP contribution in [-0.2, 0) is 30.1 Å². The normalized spacial score (nSPS) is 25.6. The van der Waals surface area contributed by atoms with Gasteiger partial charge >= 0.3 is 65.1 Å². The molecule has 0 bridgehead atoms. The number of thiophene rings is 1. The molecule has 2 aliphatic heterocycles. The summed E-state index contributed by atoms with van der Waals surface area (Å²) in [7, 11) is -5.15. The fraction of sp³-hybridized carbons (Fsp3) is 0.533. The van der Waals surface area contributed by atoms with Crippen LogP contribution in [-0.4, -0.2) is 52.2 Å². The van der Waals surface area contributed by atoms with Crippen molar-refractivity contribution >= 4 is 48.5 Å². The van der Waals surface area contributed by atoms with Crippen molar-refractivity contribution in [3.8, 4) is 0 Å². The number of nitrogens with zero attached hydrogens (tertiary/aromatic N) is 1. The molecule has 0 aliphatic carbocycles. The van der Waals surface area contributed by atoms with Crippen molar-refractivity contribution < 1.29 is 92.6 Å². The molecule has 0 aromatic carbocycles. The first-order valence-electron chi connectivity index (χ1n) is 8.09. The Bertz CT molecular complexity index is 792. The molecule has 3 rings (SSSR count). The van der Waals surface area contributed by atoms with Gasteiger partial charge in [0, 0.05) is 23.5 Å². The summed E-state index contributed by atoms with van der Waals surface area (Å²) >= 11 is 2.67. The second-order valence-electron chi connectivity index (χ2n) is 6.29. The minimum atomic E-state index is -5.15. The molecule has 4 atom stereocenters. The van der Waals surface area contributed by atoms with E-state index in [1.165, 1.54) is 30.0 Å². The van der Waals surface area contributed by atoms with Crippen LogP contribution in [0, 0.1) is 5.92 Å². The summed E-state index contributed by atoms with van der Waals surface area (Å²) in [5.41, 5.74) is 0. The average molecular weight is 478 g/mol. The van der Waals surface area contributed by atoms with E-state index in [9.17, 15) is 28.7 Å². The topological polar surface area (TPSA) is 139 Å². The molecule has 9 nitrogen and oxygen atoms in total. The van der Waals surface area contributed by atoms with Crippen LogP contribution in [0.5, 0.6) is 0 Å². The van der Waals surface area contributed by atoms with Gasteiger partial charge in [0.05, 0.1) is 18.8 Å². The number of nitrogens with one attached hydrogen (secondary N) is 1. The van der Waals surface area contributed by atoms with Crippen LogP contribution < -0.4 is 74.2 Å². The molecule has 14 heteroatoms. The van der Waals surface area contributed by atoms with Crippen molar-refractivity contribution in [2.24, 2.45) is 5.92 Å². The van der Waals surface area contributed by atoms with Crippen molar-refractivity contribution in [1.82, 2.24) is 10.2 Å². The first kappa shape index (κ1) is 27.6. The molecule has 2 fully saturated rings. The van der Waals surface area contributed by atoms with Crippen LogP contribution in [0.15, 0.2) is 17.5 Å². The van der Waals surface area contributed by atoms with Crippen LogP contribution in [0.4, 0.5) is 0 Å². The van der Waals surface area contributed by atoms with Gasteiger partial charge in [0.25, 0.3) is 0 Å². The zero-order valence-corrected chi connectivity index (χ0v) is 22.8. The van der Waals surface area contributed by atoms with Crippen LogP contribution in [0.1, 0.15) is 11.8 Å². The van der Waals surface area contributed by atoms with Crippen LogP contribution >= 0.6 is 30.7 Å². The number of thioether (sulfide) groups is 1. The maximum absolute atomic E-state index is 12.5. The van der Waals surface area contributed by atoms with Crippen molar-refractivity contribution in [1.29, 1.82) is 0 Å². The van der Waals surface area contributed by atoms with Gasteiger partial charge in [-0.05, 0) is 19.0 Å². The van der Waals surface area contributed by atoms with E-state index in [1.807, 2.05) is 11.4 Å². The number of rotatable bonds is 6. The third kappa shape index (κ3) is 6.55. The summed E-state index contributed by atoms with van der Waals surface area (Å²) in [4.78, 5) is 61.0. The summed E-state index contributed by atoms with van der Waals surface area (Å²) in [6.07, 6.45) is 0.124. The number of ether oxygens (including phenoxy) is 1. The molecule has 2 aliphatic rings. The summed E-state index contributed by atoms with van der Waals surface area (Å²) in [5, 5.41) is 3.83. The molecule has 3 heterocycles. The van der Waals surface area contributed by atoms with E-state index in [0.717, 1.165) is 9.78 Å². The largest absolute Gasteiger partial charge is 1.00 e. The standard InChI is InChI=1S/C15H19N2O7PS2.2Na/c1-8(18)24-6-9-7-27-15-12(13(20)17(15)14(9)25(21,22)23)16-11(19)5-10-3-2-4-26-10;;/h2-4,9,12,14-15H,5-7H2,1H3,(H,16,19)(H2,21,22,23);;/q;2*+1/p-2/t9?,12-,14?,15-;;/m1../s1. The van der Waals surface area contributed by atoms with Gasteiger partial charge in [0.1, 0.15) is 11.4 Å². The van der Waals surface area contributed by atoms with Gasteiger partial charge in [-0.1, -0.05) is 6.07 Å². The summed E-state index contributed by atoms with van der Waals surface area (Å²) in [6, 6.07) is 2.75. The number of hydrogen-bond donors (Lipinski definition) is 1. The first-order chi connectivity index (χ1) is 12.7. The van der Waals surface area contributed by atoms with Crippen LogP contribution in [0.25, 0.3) is 0 Å². The fourth-order valence-corrected chi connectivity index (χ4v) is 6.88. The van der Waals surface area contributed by atoms with Gasteiger partial charge in [-0.2, -0.15) is 0 Å². The number of carbonyl (C=O) groups is 3. The number of β-lactam (4-membered cyclic amide) rings is 1. The molecule has 2 unspecified atom stereocenters. The molecule has 2 saturated heterocycles. The quantitative estimate of drug-likeness (QED) is 0.184. The molecule has 0 radical (unpaired) electrons. The van der Waals surface area contributed by atoms with Gasteiger partial charge in [0.15, 0.2) is 0 Å². The monoisotopic (exact) mass is 478 g/mol. The molecule has 1 aromatic rings. The molecule has 0 spiro atoms. The Kier molecular flexibility index (Phi) is 10.9. The van der Waals surface area contributed by atoms with Crippen molar-refractivity contribution in [3.63, 3.8) is 0 Å². The fourth-order valence-electron chi connectivity index (χ4n) is 3.18. The predicted molar refractivity (Wildman–Crippen MR) is 94.6 cm³/mol. The summed E-state index contributed by atoms with van der Waals surface area (Å²) in [6.45, 7) is 0.920. The second kappa shape index (κ2) is 11.5. The van der Waals surface area contributed by atoms with Gasteiger partial charge in [-0.15, -0.1) is 23.1 Å². The molecule has 0 saturated carbocycles. The zero-order chi connectivity index (χ0) is 19.8. The van der Waals surface area contributed by atoms with Gasteiger partial charge in [-0.3, -0.25) is 14.4 Å². The number of esters is 1. The van der Waals surface area contributed by atoms with Crippen LogP contribution in [0.3, 0.4) is 0 Å². The number of amides is 2. The van der Waals surface area contributed by atoms with E-state index >= 15 is 0 Å². The second-order valence-corrected chi connectivity index (χ2v) is 10.1. The summed E-state index contributed by atoms with van der Waals surface area (Å²) < 4.78 is 16.6. The van der Waals surface area contributed by atoms with Crippen LogP contribution in [0.2, 0.25) is 0 Å². The van der Waals surface area contributed by atoms with Gasteiger partial charge in [-0.25, -0.2) is 0 Å². The Hall–Kier alpha value is 0.610. The molecule has 2 amide bonds. The van der Waals surface area contributed by atoms with E-state index in [-0.39, 0.29) is 83.8 Å². The molecule has 29 heavy (non-hydrogen) atoms. The maximum atomic E-state index is 12.5. The molecule has 1 aromatic heterocycles. The van der Waals surface area contributed by atoms with E-state index in [4.69, 9.17) is 4.74 Å². The zero-order valence-electron chi connectivity index (χ0n) is 16.2. The Labute approximate surface area is 220 Å². The predicted octanol–water partition coefficient (Wildman–Crippen LogP) is -6.88. The summed E-state index contributed by atoms with van der Waals surface area (Å²) in [5.74, 6) is -3.72. The number of fused-ring (bicyclic) bond motifs is 1. The van der Waals surface area contributed by atoms with E-state index < -0.39 is 42.6 Å². The van der Waals surface area contributed by atoms with E-state index in [1.54, 1.807) is 6.07 Å². The minimum Gasteiger partial charge on any atom is -0.809 e. The number of hydrogen-bond acceptors (Lipinski definition) is 9. The van der Waals surface area contributed by atoms with Gasteiger partial charge in [0.2, 0.25) is 11.8 Å².